The summed E-state index contributed by atoms with van der Waals surface area (Å²) in [7, 11) is 1.45. The van der Waals surface area contributed by atoms with E-state index in [9.17, 15) is 4.79 Å². The lowest BCUT2D eigenvalue weighted by Gasteiger charge is -2.07. The maximum atomic E-state index is 11.0. The zero-order valence-electron chi connectivity index (χ0n) is 11.0. The minimum atomic E-state index is -0.110. The molecule has 1 heterocycles. The topological polar surface area (TPSA) is 31.2 Å². The summed E-state index contributed by atoms with van der Waals surface area (Å²) in [6.45, 7) is 4.37. The summed E-state index contributed by atoms with van der Waals surface area (Å²) in [6.07, 6.45) is 5.00. The number of hydrogen-bond acceptors (Lipinski definition) is 2. The van der Waals surface area contributed by atoms with Gasteiger partial charge in [-0.05, 0) is 51.2 Å². The van der Waals surface area contributed by atoms with Gasteiger partial charge in [-0.15, -0.1) is 0 Å². The van der Waals surface area contributed by atoms with Gasteiger partial charge in [0.05, 0.1) is 7.11 Å². The zero-order valence-corrected chi connectivity index (χ0v) is 11.0. The molecule has 0 saturated heterocycles. The van der Waals surface area contributed by atoms with E-state index in [0.717, 1.165) is 18.9 Å². The summed E-state index contributed by atoms with van der Waals surface area (Å²) >= 11 is 0. The van der Waals surface area contributed by atoms with E-state index in [2.05, 4.69) is 29.2 Å². The van der Waals surface area contributed by atoms with Crippen LogP contribution in [0.25, 0.3) is 0 Å². The minimum Gasteiger partial charge on any atom is -0.469 e. The molecule has 0 spiro atoms. The smallest absolute Gasteiger partial charge is 0.305 e. The van der Waals surface area contributed by atoms with Crippen LogP contribution >= 0.6 is 0 Å². The molecule has 1 fully saturated rings. The number of hydrogen-bond donors (Lipinski definition) is 0. The molecule has 0 bridgehead atoms. The highest BCUT2D eigenvalue weighted by Crippen LogP contribution is 2.38. The third kappa shape index (κ3) is 2.71. The zero-order chi connectivity index (χ0) is 12.4. The molecule has 3 heteroatoms. The van der Waals surface area contributed by atoms with Crippen LogP contribution in [0.2, 0.25) is 0 Å². The SMILES string of the molecule is COC(=O)CCCc1cc(C)n(C2CC2)c1C. The highest BCUT2D eigenvalue weighted by Gasteiger charge is 2.26. The number of carbonyl (C=O) groups is 1. The van der Waals surface area contributed by atoms with Crippen LogP contribution in [0.3, 0.4) is 0 Å². The Morgan fingerprint density at radius 3 is 2.76 bits per heavy atom. The molecule has 0 amide bonds. The minimum absolute atomic E-state index is 0.110. The number of rotatable bonds is 5. The largest absolute Gasteiger partial charge is 0.469 e. The van der Waals surface area contributed by atoms with Crippen molar-refractivity contribution >= 4 is 5.97 Å². The average molecular weight is 235 g/mol. The fourth-order valence-electron chi connectivity index (χ4n) is 2.52. The van der Waals surface area contributed by atoms with Gasteiger partial charge in [-0.1, -0.05) is 0 Å². The predicted octanol–water partition coefficient (Wildman–Crippen LogP) is 2.94. The third-order valence-electron chi connectivity index (χ3n) is 3.56. The van der Waals surface area contributed by atoms with E-state index in [1.54, 1.807) is 0 Å². The molecule has 1 aromatic heterocycles. The van der Waals surface area contributed by atoms with Crippen molar-refractivity contribution in [2.45, 2.75) is 52.0 Å². The maximum Gasteiger partial charge on any atom is 0.305 e. The number of esters is 1. The molecule has 0 aromatic carbocycles. The Morgan fingerprint density at radius 2 is 2.18 bits per heavy atom. The van der Waals surface area contributed by atoms with Crippen LogP contribution in [0.1, 0.15) is 48.7 Å². The first-order chi connectivity index (χ1) is 8.13. The van der Waals surface area contributed by atoms with Crippen molar-refractivity contribution in [2.24, 2.45) is 0 Å². The Labute approximate surface area is 103 Å². The molecular weight excluding hydrogens is 214 g/mol. The van der Waals surface area contributed by atoms with Crippen molar-refractivity contribution < 1.29 is 9.53 Å². The second kappa shape index (κ2) is 4.94. The molecule has 1 aromatic rings. The van der Waals surface area contributed by atoms with Gasteiger partial charge in [0.1, 0.15) is 0 Å². The van der Waals surface area contributed by atoms with Crippen molar-refractivity contribution in [3.05, 3.63) is 23.0 Å². The molecule has 0 atom stereocenters. The van der Waals surface area contributed by atoms with Crippen LogP contribution in [0.5, 0.6) is 0 Å². The molecule has 94 valence electrons. The third-order valence-corrected chi connectivity index (χ3v) is 3.56. The van der Waals surface area contributed by atoms with Gasteiger partial charge >= 0.3 is 5.97 Å². The van der Waals surface area contributed by atoms with Gasteiger partial charge < -0.3 is 9.30 Å². The number of nitrogens with zero attached hydrogens (tertiary/aromatic N) is 1. The second-order valence-electron chi connectivity index (χ2n) is 4.93. The van der Waals surface area contributed by atoms with Crippen LogP contribution in [0.4, 0.5) is 0 Å². The molecular formula is C14H21NO2. The second-order valence-corrected chi connectivity index (χ2v) is 4.93. The van der Waals surface area contributed by atoms with E-state index in [0.29, 0.717) is 6.42 Å². The molecule has 3 nitrogen and oxygen atoms in total. The molecule has 0 N–H and O–H groups in total. The lowest BCUT2D eigenvalue weighted by atomic mass is 10.1. The van der Waals surface area contributed by atoms with Gasteiger partial charge in [0, 0.05) is 23.9 Å². The molecule has 0 aliphatic heterocycles. The summed E-state index contributed by atoms with van der Waals surface area (Å²) in [4.78, 5) is 11.0. The van der Waals surface area contributed by atoms with Crippen LogP contribution in [0.15, 0.2) is 6.07 Å². The first-order valence-electron chi connectivity index (χ1n) is 6.37. The van der Waals surface area contributed by atoms with Gasteiger partial charge in [0.25, 0.3) is 0 Å². The lowest BCUT2D eigenvalue weighted by molar-refractivity contribution is -0.140. The van der Waals surface area contributed by atoms with Gasteiger partial charge in [0.2, 0.25) is 0 Å². The Hall–Kier alpha value is -1.25. The summed E-state index contributed by atoms with van der Waals surface area (Å²) in [5.74, 6) is -0.110. The Bertz CT molecular complexity index is 416. The van der Waals surface area contributed by atoms with Gasteiger partial charge in [0.15, 0.2) is 0 Å². The first-order valence-corrected chi connectivity index (χ1v) is 6.37. The normalized spacial score (nSPS) is 15.0. The quantitative estimate of drug-likeness (QED) is 0.735. The number of carbonyl (C=O) groups excluding carboxylic acids is 1. The summed E-state index contributed by atoms with van der Waals surface area (Å²) < 4.78 is 7.10. The standard InChI is InChI=1S/C14H21NO2/c1-10-9-12(5-4-6-14(16)17-3)11(2)15(10)13-7-8-13/h9,13H,4-8H2,1-3H3. The fraction of sp³-hybridized carbons (Fsp3) is 0.643. The van der Waals surface area contributed by atoms with Crippen LogP contribution < -0.4 is 0 Å². The van der Waals surface area contributed by atoms with Crippen LogP contribution in [-0.4, -0.2) is 17.6 Å². The van der Waals surface area contributed by atoms with Crippen molar-refractivity contribution in [2.75, 3.05) is 7.11 Å². The first kappa shape index (κ1) is 12.2. The van der Waals surface area contributed by atoms with Crippen LogP contribution in [0, 0.1) is 13.8 Å². The number of aromatic nitrogens is 1. The highest BCUT2D eigenvalue weighted by molar-refractivity contribution is 5.69. The van der Waals surface area contributed by atoms with E-state index < -0.39 is 0 Å². The van der Waals surface area contributed by atoms with Crippen molar-refractivity contribution in [3.8, 4) is 0 Å². The van der Waals surface area contributed by atoms with E-state index in [-0.39, 0.29) is 5.97 Å². The summed E-state index contributed by atoms with van der Waals surface area (Å²) in [5.41, 5.74) is 4.13. The van der Waals surface area contributed by atoms with Crippen molar-refractivity contribution in [1.82, 2.24) is 4.57 Å². The summed E-state index contributed by atoms with van der Waals surface area (Å²) in [5, 5.41) is 0. The van der Waals surface area contributed by atoms with Crippen molar-refractivity contribution in [1.29, 1.82) is 0 Å². The molecule has 1 saturated carbocycles. The van der Waals surface area contributed by atoms with E-state index in [1.807, 2.05) is 0 Å². The van der Waals surface area contributed by atoms with E-state index in [1.165, 1.54) is 36.9 Å². The average Bonchev–Trinajstić information content (AvgIpc) is 3.08. The molecule has 2 rings (SSSR count). The number of methoxy groups -OCH3 is 1. The van der Waals surface area contributed by atoms with E-state index in [4.69, 9.17) is 0 Å². The predicted molar refractivity (Wildman–Crippen MR) is 67.1 cm³/mol. The highest BCUT2D eigenvalue weighted by atomic mass is 16.5. The fourth-order valence-corrected chi connectivity index (χ4v) is 2.52. The summed E-state index contributed by atoms with van der Waals surface area (Å²) in [6, 6.07) is 3.01. The number of ether oxygens (including phenoxy) is 1. The Morgan fingerprint density at radius 1 is 1.47 bits per heavy atom. The Kier molecular flexibility index (Phi) is 3.55. The molecule has 0 radical (unpaired) electrons. The molecule has 17 heavy (non-hydrogen) atoms. The van der Waals surface area contributed by atoms with Gasteiger partial charge in [-0.3, -0.25) is 4.79 Å². The van der Waals surface area contributed by atoms with Gasteiger partial charge in [-0.25, -0.2) is 0 Å². The van der Waals surface area contributed by atoms with E-state index >= 15 is 0 Å². The van der Waals surface area contributed by atoms with Crippen molar-refractivity contribution in [3.63, 3.8) is 0 Å². The molecule has 1 aliphatic rings. The van der Waals surface area contributed by atoms with Crippen LogP contribution in [-0.2, 0) is 16.0 Å². The maximum absolute atomic E-state index is 11.0. The Balaban J connectivity index is 1.97. The van der Waals surface area contributed by atoms with Gasteiger partial charge in [-0.2, -0.15) is 0 Å². The molecule has 1 aliphatic carbocycles. The molecule has 0 unspecified atom stereocenters. The number of aryl methyl sites for hydroxylation is 2. The lowest BCUT2D eigenvalue weighted by Crippen LogP contribution is -2.02. The monoisotopic (exact) mass is 235 g/mol.